The van der Waals surface area contributed by atoms with Gasteiger partial charge in [0.15, 0.2) is 0 Å². The lowest BCUT2D eigenvalue weighted by Crippen LogP contribution is -2.60. The molecule has 1 aromatic carbocycles. The van der Waals surface area contributed by atoms with Crippen LogP contribution < -0.4 is 4.74 Å². The predicted molar refractivity (Wildman–Crippen MR) is 85.8 cm³/mol. The molecule has 2 nitrogen and oxygen atoms in total. The summed E-state index contributed by atoms with van der Waals surface area (Å²) in [6.45, 7) is 6.54. The van der Waals surface area contributed by atoms with Gasteiger partial charge in [-0.3, -0.25) is 0 Å². The molecule has 0 amide bonds. The van der Waals surface area contributed by atoms with Crippen molar-refractivity contribution in [3.63, 3.8) is 0 Å². The molecule has 0 aromatic heterocycles. The Morgan fingerprint density at radius 2 is 1.90 bits per heavy atom. The Morgan fingerprint density at radius 1 is 1.19 bits per heavy atom. The standard InChI is InChI=1S/C19H28O2/c1-13(2)15-8-7-14(3)16(11-15)21-18-12-17(20)19(18)9-5-4-6-10-19/h7-8,11,13,17-18,20H,4-6,9-10,12H2,1-3H3. The molecule has 0 heterocycles. The minimum Gasteiger partial charge on any atom is -0.489 e. The van der Waals surface area contributed by atoms with Gasteiger partial charge in [-0.25, -0.2) is 0 Å². The quantitative estimate of drug-likeness (QED) is 0.882. The SMILES string of the molecule is Cc1ccc(C(C)C)cc1OC1CC(O)C12CCCCC2. The largest absolute Gasteiger partial charge is 0.489 e. The molecule has 1 aromatic rings. The van der Waals surface area contributed by atoms with E-state index in [1.165, 1.54) is 30.4 Å². The molecule has 3 rings (SSSR count). The Kier molecular flexibility index (Phi) is 4.00. The van der Waals surface area contributed by atoms with Crippen molar-refractivity contribution in [1.29, 1.82) is 0 Å². The first-order valence-electron chi connectivity index (χ1n) is 8.48. The number of hydrogen-bond acceptors (Lipinski definition) is 2. The van der Waals surface area contributed by atoms with Crippen molar-refractivity contribution in [3.8, 4) is 5.75 Å². The zero-order valence-corrected chi connectivity index (χ0v) is 13.6. The van der Waals surface area contributed by atoms with Crippen molar-refractivity contribution in [1.82, 2.24) is 0 Å². The highest BCUT2D eigenvalue weighted by Gasteiger charge is 2.56. The lowest BCUT2D eigenvalue weighted by atomic mass is 9.56. The highest BCUT2D eigenvalue weighted by molar-refractivity contribution is 5.38. The molecule has 1 N–H and O–H groups in total. The summed E-state index contributed by atoms with van der Waals surface area (Å²) in [5.41, 5.74) is 2.57. The second kappa shape index (κ2) is 5.64. The first-order chi connectivity index (χ1) is 10.0. The van der Waals surface area contributed by atoms with Gasteiger partial charge in [-0.15, -0.1) is 0 Å². The highest BCUT2D eigenvalue weighted by atomic mass is 16.5. The minimum atomic E-state index is -0.156. The topological polar surface area (TPSA) is 29.5 Å². The molecule has 2 unspecified atom stereocenters. The second-order valence-electron chi connectivity index (χ2n) is 7.33. The van der Waals surface area contributed by atoms with Gasteiger partial charge in [-0.1, -0.05) is 45.2 Å². The van der Waals surface area contributed by atoms with Crippen molar-refractivity contribution in [2.24, 2.45) is 5.41 Å². The Balaban J connectivity index is 1.79. The van der Waals surface area contributed by atoms with Crippen molar-refractivity contribution in [2.45, 2.75) is 77.4 Å². The maximum absolute atomic E-state index is 10.3. The van der Waals surface area contributed by atoms with Crippen LogP contribution in [0.3, 0.4) is 0 Å². The van der Waals surface area contributed by atoms with E-state index >= 15 is 0 Å². The van der Waals surface area contributed by atoms with Gasteiger partial charge in [0, 0.05) is 11.8 Å². The summed E-state index contributed by atoms with van der Waals surface area (Å²) < 4.78 is 6.38. The maximum atomic E-state index is 10.3. The molecule has 1 spiro atoms. The van der Waals surface area contributed by atoms with Crippen LogP contribution in [-0.4, -0.2) is 17.3 Å². The molecule has 0 bridgehead atoms. The van der Waals surface area contributed by atoms with E-state index in [9.17, 15) is 5.11 Å². The molecular formula is C19H28O2. The molecule has 2 aliphatic rings. The molecule has 2 heteroatoms. The summed E-state index contributed by atoms with van der Waals surface area (Å²) in [5, 5.41) is 10.3. The number of aryl methyl sites for hydroxylation is 1. The van der Waals surface area contributed by atoms with Crippen LogP contribution in [0.25, 0.3) is 0 Å². The van der Waals surface area contributed by atoms with Gasteiger partial charge in [0.25, 0.3) is 0 Å². The van der Waals surface area contributed by atoms with Crippen LogP contribution in [0.2, 0.25) is 0 Å². The molecule has 0 radical (unpaired) electrons. The van der Waals surface area contributed by atoms with Gasteiger partial charge in [-0.2, -0.15) is 0 Å². The van der Waals surface area contributed by atoms with E-state index in [-0.39, 0.29) is 17.6 Å². The number of rotatable bonds is 3. The second-order valence-corrected chi connectivity index (χ2v) is 7.33. The molecule has 2 aliphatic carbocycles. The van der Waals surface area contributed by atoms with E-state index in [2.05, 4.69) is 39.0 Å². The first kappa shape index (κ1) is 14.9. The summed E-state index contributed by atoms with van der Waals surface area (Å²) in [6.07, 6.45) is 6.88. The number of hydrogen-bond donors (Lipinski definition) is 1. The van der Waals surface area contributed by atoms with Crippen LogP contribution in [0.4, 0.5) is 0 Å². The molecule has 2 fully saturated rings. The van der Waals surface area contributed by atoms with Crippen LogP contribution in [0.15, 0.2) is 18.2 Å². The predicted octanol–water partition coefficient (Wildman–Crippen LogP) is 4.58. The molecular weight excluding hydrogens is 260 g/mol. The van der Waals surface area contributed by atoms with Gasteiger partial charge < -0.3 is 9.84 Å². The van der Waals surface area contributed by atoms with Gasteiger partial charge in [0.2, 0.25) is 0 Å². The van der Waals surface area contributed by atoms with Crippen molar-refractivity contribution in [2.75, 3.05) is 0 Å². The Bertz CT molecular complexity index is 500. The van der Waals surface area contributed by atoms with E-state index in [1.807, 2.05) is 0 Å². The van der Waals surface area contributed by atoms with E-state index in [0.29, 0.717) is 5.92 Å². The molecule has 2 saturated carbocycles. The van der Waals surface area contributed by atoms with Crippen molar-refractivity contribution >= 4 is 0 Å². The van der Waals surface area contributed by atoms with Crippen molar-refractivity contribution in [3.05, 3.63) is 29.3 Å². The molecule has 0 saturated heterocycles. The summed E-state index contributed by atoms with van der Waals surface area (Å²) >= 11 is 0. The number of aliphatic hydroxyl groups excluding tert-OH is 1. The fourth-order valence-electron chi connectivity index (χ4n) is 4.01. The van der Waals surface area contributed by atoms with E-state index in [0.717, 1.165) is 25.0 Å². The summed E-state index contributed by atoms with van der Waals surface area (Å²) in [5.74, 6) is 1.53. The Hall–Kier alpha value is -1.02. The minimum absolute atomic E-state index is 0.0402. The lowest BCUT2D eigenvalue weighted by molar-refractivity contribution is -0.172. The summed E-state index contributed by atoms with van der Waals surface area (Å²) in [6, 6.07) is 6.55. The van der Waals surface area contributed by atoms with Gasteiger partial charge in [0.05, 0.1) is 6.10 Å². The number of benzene rings is 1. The molecule has 0 aliphatic heterocycles. The van der Waals surface area contributed by atoms with Gasteiger partial charge >= 0.3 is 0 Å². The fourth-order valence-corrected chi connectivity index (χ4v) is 4.01. The van der Waals surface area contributed by atoms with Gasteiger partial charge in [-0.05, 0) is 42.9 Å². The average Bonchev–Trinajstić information content (AvgIpc) is 2.49. The zero-order chi connectivity index (χ0) is 15.0. The van der Waals surface area contributed by atoms with E-state index in [4.69, 9.17) is 4.74 Å². The monoisotopic (exact) mass is 288 g/mol. The van der Waals surface area contributed by atoms with E-state index < -0.39 is 0 Å². The van der Waals surface area contributed by atoms with E-state index in [1.54, 1.807) is 0 Å². The normalized spacial score (nSPS) is 27.7. The molecule has 21 heavy (non-hydrogen) atoms. The average molecular weight is 288 g/mol. The Labute approximate surface area is 128 Å². The lowest BCUT2D eigenvalue weighted by Gasteiger charge is -2.55. The smallest absolute Gasteiger partial charge is 0.122 e. The first-order valence-corrected chi connectivity index (χ1v) is 8.48. The van der Waals surface area contributed by atoms with Crippen LogP contribution in [0.5, 0.6) is 5.75 Å². The number of aliphatic hydroxyl groups is 1. The highest BCUT2D eigenvalue weighted by Crippen LogP contribution is 2.53. The fraction of sp³-hybridized carbons (Fsp3) is 0.684. The maximum Gasteiger partial charge on any atom is 0.122 e. The third kappa shape index (κ3) is 2.59. The summed E-state index contributed by atoms with van der Waals surface area (Å²) in [7, 11) is 0. The zero-order valence-electron chi connectivity index (χ0n) is 13.6. The Morgan fingerprint density at radius 3 is 2.52 bits per heavy atom. The third-order valence-electron chi connectivity index (χ3n) is 5.67. The number of ether oxygens (including phenoxy) is 1. The third-order valence-corrected chi connectivity index (χ3v) is 5.67. The molecule has 116 valence electrons. The van der Waals surface area contributed by atoms with Crippen LogP contribution in [0, 0.1) is 12.3 Å². The molecule has 2 atom stereocenters. The van der Waals surface area contributed by atoms with Gasteiger partial charge in [0.1, 0.15) is 11.9 Å². The van der Waals surface area contributed by atoms with Crippen LogP contribution >= 0.6 is 0 Å². The van der Waals surface area contributed by atoms with Crippen LogP contribution in [-0.2, 0) is 0 Å². The van der Waals surface area contributed by atoms with Crippen molar-refractivity contribution < 1.29 is 9.84 Å². The van der Waals surface area contributed by atoms with Crippen LogP contribution in [0.1, 0.15) is 69.4 Å². The summed E-state index contributed by atoms with van der Waals surface area (Å²) in [4.78, 5) is 0.